The van der Waals surface area contributed by atoms with Crippen LogP contribution in [-0.2, 0) is 16.7 Å². The maximum Gasteiger partial charge on any atom is 0.340 e. The van der Waals surface area contributed by atoms with E-state index in [1.54, 1.807) is 25.1 Å². The number of aryl methyl sites for hydroxylation is 1. The summed E-state index contributed by atoms with van der Waals surface area (Å²) in [6.45, 7) is 3.37. The molecule has 1 heterocycles. The third-order valence-corrected chi connectivity index (χ3v) is 5.91. The predicted octanol–water partition coefficient (Wildman–Crippen LogP) is 4.33. The molecule has 0 bridgehead atoms. The molecule has 3 rings (SSSR count). The molecule has 0 aliphatic heterocycles. The fourth-order valence-electron chi connectivity index (χ4n) is 2.96. The highest BCUT2D eigenvalue weighted by Gasteiger charge is 2.32. The van der Waals surface area contributed by atoms with E-state index in [2.05, 4.69) is 5.10 Å². The van der Waals surface area contributed by atoms with Crippen LogP contribution in [0.5, 0.6) is 5.88 Å². The molecule has 0 N–H and O–H groups in total. The minimum Gasteiger partial charge on any atom is -0.358 e. The van der Waals surface area contributed by atoms with Crippen molar-refractivity contribution in [2.45, 2.75) is 25.3 Å². The molecule has 0 aliphatic rings. The van der Waals surface area contributed by atoms with E-state index < -0.39 is 26.5 Å². The number of carbonyl (C=O) groups is 1. The van der Waals surface area contributed by atoms with Gasteiger partial charge in [-0.15, -0.1) is 0 Å². The molecule has 0 fully saturated rings. The quantitative estimate of drug-likeness (QED) is 0.156. The Kier molecular flexibility index (Phi) is 6.75. The van der Waals surface area contributed by atoms with Gasteiger partial charge in [-0.05, 0) is 38.1 Å². The molecule has 0 spiro atoms. The summed E-state index contributed by atoms with van der Waals surface area (Å²) in [5, 5.41) is 15.8. The summed E-state index contributed by atoms with van der Waals surface area (Å²) in [6, 6.07) is 11.0. The first kappa shape index (κ1) is 23.2. The van der Waals surface area contributed by atoms with E-state index in [0.29, 0.717) is 0 Å². The van der Waals surface area contributed by atoms with Gasteiger partial charge in [-0.3, -0.25) is 14.9 Å². The highest BCUT2D eigenvalue weighted by molar-refractivity contribution is 7.87. The average molecular weight is 476 g/mol. The second-order valence-corrected chi connectivity index (χ2v) is 8.60. The van der Waals surface area contributed by atoms with Crippen molar-refractivity contribution in [2.24, 2.45) is 0 Å². The third kappa shape index (κ3) is 4.71. The van der Waals surface area contributed by atoms with Crippen LogP contribution in [0.2, 0.25) is 5.02 Å². The number of ketones is 1. The molecular weight excluding hydrogens is 458 g/mol. The lowest BCUT2D eigenvalue weighted by atomic mass is 10.0. The number of nitro groups is 1. The normalized spacial score (nSPS) is 11.6. The molecule has 2 aromatic carbocycles. The van der Waals surface area contributed by atoms with Gasteiger partial charge in [-0.1, -0.05) is 42.0 Å². The van der Waals surface area contributed by atoms with Crippen LogP contribution in [0.3, 0.4) is 0 Å². The van der Waals surface area contributed by atoms with Crippen molar-refractivity contribution >= 4 is 33.2 Å². The fraction of sp³-hybridized carbons (Fsp3) is 0.143. The summed E-state index contributed by atoms with van der Waals surface area (Å²) in [5.41, 5.74) is -0.823. The minimum atomic E-state index is -4.31. The molecule has 0 saturated heterocycles. The number of benzene rings is 2. The average Bonchev–Trinajstić information content (AvgIpc) is 3.06. The summed E-state index contributed by atoms with van der Waals surface area (Å²) < 4.78 is 32.3. The number of hydrogen-bond acceptors (Lipinski definition) is 7. The van der Waals surface area contributed by atoms with Crippen LogP contribution >= 0.6 is 11.6 Å². The largest absolute Gasteiger partial charge is 0.358 e. The zero-order valence-corrected chi connectivity index (χ0v) is 18.6. The summed E-state index contributed by atoms with van der Waals surface area (Å²) >= 11 is 5.85. The monoisotopic (exact) mass is 475 g/mol. The Hall–Kier alpha value is -3.50. The highest BCUT2D eigenvalue weighted by atomic mass is 35.5. The first-order chi connectivity index (χ1) is 15.2. The van der Waals surface area contributed by atoms with Gasteiger partial charge in [0.2, 0.25) is 11.7 Å². The van der Waals surface area contributed by atoms with Gasteiger partial charge in [0.1, 0.15) is 16.0 Å². The number of rotatable bonds is 8. The van der Waals surface area contributed by atoms with E-state index >= 15 is 0 Å². The van der Waals surface area contributed by atoms with Gasteiger partial charge in [-0.25, -0.2) is 4.68 Å². The standard InChI is InChI=1S/C21H18ClN3O6S/c1-3-4-12-24-21(31-32(29,30)16-8-6-5-7-9-16)19(14(2)23-24)20(26)17-11-10-15(22)13-18(17)25(27)28/h3-11,13H,12H2,1-2H3/b4-3+. The van der Waals surface area contributed by atoms with Gasteiger partial charge in [0.15, 0.2) is 0 Å². The second-order valence-electron chi connectivity index (χ2n) is 6.61. The van der Waals surface area contributed by atoms with E-state index in [1.165, 1.54) is 48.0 Å². The molecule has 0 radical (unpaired) electrons. The molecule has 0 amide bonds. The van der Waals surface area contributed by atoms with E-state index in [1.807, 2.05) is 0 Å². The number of hydrogen-bond donors (Lipinski definition) is 0. The molecule has 11 heteroatoms. The van der Waals surface area contributed by atoms with E-state index in [9.17, 15) is 23.3 Å². The molecular formula is C21H18ClN3O6S. The number of nitro benzene ring substituents is 1. The second kappa shape index (κ2) is 9.33. The molecule has 0 saturated carbocycles. The van der Waals surface area contributed by atoms with E-state index in [-0.39, 0.29) is 39.2 Å². The molecule has 32 heavy (non-hydrogen) atoms. The summed E-state index contributed by atoms with van der Waals surface area (Å²) in [6.07, 6.45) is 3.41. The number of aromatic nitrogens is 2. The first-order valence-corrected chi connectivity index (χ1v) is 11.1. The lowest BCUT2D eigenvalue weighted by Gasteiger charge is -2.11. The Morgan fingerprint density at radius 3 is 2.56 bits per heavy atom. The van der Waals surface area contributed by atoms with Crippen molar-refractivity contribution < 1.29 is 22.3 Å². The SMILES string of the molecule is C/C=C/Cn1nc(C)c(C(=O)c2ccc(Cl)cc2[N+](=O)[O-])c1OS(=O)(=O)c1ccccc1. The summed E-state index contributed by atoms with van der Waals surface area (Å²) in [4.78, 5) is 24.0. The summed E-state index contributed by atoms with van der Waals surface area (Å²) in [5.74, 6) is -1.14. The van der Waals surface area contributed by atoms with Crippen LogP contribution in [0.25, 0.3) is 0 Å². The van der Waals surface area contributed by atoms with Crippen molar-refractivity contribution in [3.05, 3.63) is 92.6 Å². The minimum absolute atomic E-state index is 0.0804. The van der Waals surface area contributed by atoms with Crippen molar-refractivity contribution in [3.8, 4) is 5.88 Å². The van der Waals surface area contributed by atoms with Crippen LogP contribution in [-0.4, -0.2) is 28.9 Å². The topological polar surface area (TPSA) is 121 Å². The molecule has 1 aromatic heterocycles. The smallest absolute Gasteiger partial charge is 0.340 e. The van der Waals surface area contributed by atoms with Crippen LogP contribution in [0.15, 0.2) is 65.6 Å². The number of allylic oxidation sites excluding steroid dienone is 2. The van der Waals surface area contributed by atoms with Gasteiger partial charge in [0.05, 0.1) is 17.2 Å². The van der Waals surface area contributed by atoms with Gasteiger partial charge in [0, 0.05) is 11.1 Å². The Bertz CT molecular complexity index is 1320. The van der Waals surface area contributed by atoms with Gasteiger partial charge in [0.25, 0.3) is 5.69 Å². The highest BCUT2D eigenvalue weighted by Crippen LogP contribution is 2.32. The summed E-state index contributed by atoms with van der Waals surface area (Å²) in [7, 11) is -4.31. The lowest BCUT2D eigenvalue weighted by molar-refractivity contribution is -0.385. The Balaban J connectivity index is 2.18. The number of halogens is 1. The fourth-order valence-corrected chi connectivity index (χ4v) is 4.09. The molecule has 9 nitrogen and oxygen atoms in total. The lowest BCUT2D eigenvalue weighted by Crippen LogP contribution is -2.16. The molecule has 0 aliphatic carbocycles. The number of nitrogens with zero attached hydrogens (tertiary/aromatic N) is 3. The van der Waals surface area contributed by atoms with Gasteiger partial charge in [-0.2, -0.15) is 13.5 Å². The van der Waals surface area contributed by atoms with Crippen molar-refractivity contribution in [1.82, 2.24) is 9.78 Å². The van der Waals surface area contributed by atoms with Crippen LogP contribution in [0.4, 0.5) is 5.69 Å². The third-order valence-electron chi connectivity index (χ3n) is 4.44. The molecule has 166 valence electrons. The zero-order chi connectivity index (χ0) is 23.5. The Morgan fingerprint density at radius 1 is 1.25 bits per heavy atom. The Morgan fingerprint density at radius 2 is 1.94 bits per heavy atom. The van der Waals surface area contributed by atoms with Crippen molar-refractivity contribution in [3.63, 3.8) is 0 Å². The van der Waals surface area contributed by atoms with E-state index in [0.717, 1.165) is 6.07 Å². The van der Waals surface area contributed by atoms with Crippen LogP contribution in [0, 0.1) is 17.0 Å². The molecule has 0 atom stereocenters. The number of carbonyl (C=O) groups excluding carboxylic acids is 1. The first-order valence-electron chi connectivity index (χ1n) is 9.32. The maximum atomic E-state index is 13.3. The van der Waals surface area contributed by atoms with Gasteiger partial charge < -0.3 is 4.18 Å². The van der Waals surface area contributed by atoms with E-state index in [4.69, 9.17) is 15.8 Å². The zero-order valence-electron chi connectivity index (χ0n) is 17.1. The van der Waals surface area contributed by atoms with Gasteiger partial charge >= 0.3 is 10.1 Å². The Labute approximate surface area is 189 Å². The van der Waals surface area contributed by atoms with Crippen molar-refractivity contribution in [2.75, 3.05) is 0 Å². The van der Waals surface area contributed by atoms with Crippen LogP contribution in [0.1, 0.15) is 28.5 Å². The van der Waals surface area contributed by atoms with Crippen LogP contribution < -0.4 is 4.18 Å². The molecule has 3 aromatic rings. The maximum absolute atomic E-state index is 13.3. The predicted molar refractivity (Wildman–Crippen MR) is 118 cm³/mol. The van der Waals surface area contributed by atoms with Crippen molar-refractivity contribution in [1.29, 1.82) is 0 Å². The molecule has 0 unspecified atom stereocenters.